The van der Waals surface area contributed by atoms with E-state index in [-0.39, 0.29) is 22.2 Å². The molecular weight excluding hydrogens is 466 g/mol. The molecule has 6 nitrogen and oxygen atoms in total. The van der Waals surface area contributed by atoms with Crippen molar-refractivity contribution in [3.05, 3.63) is 83.4 Å². The number of rotatable bonds is 7. The summed E-state index contributed by atoms with van der Waals surface area (Å²) in [6, 6.07) is 21.3. The molecule has 0 aromatic heterocycles. The minimum Gasteiger partial charge on any atom is -0.478 e. The molecule has 3 aromatic carbocycles. The molecule has 0 aliphatic carbocycles. The van der Waals surface area contributed by atoms with Crippen LogP contribution in [0.15, 0.2) is 77.7 Å². The zero-order chi connectivity index (χ0) is 23.1. The number of benzene rings is 3. The van der Waals surface area contributed by atoms with Crippen molar-refractivity contribution in [2.75, 3.05) is 16.0 Å². The van der Waals surface area contributed by atoms with E-state index in [1.54, 1.807) is 6.92 Å². The minimum absolute atomic E-state index is 0.0489. The van der Waals surface area contributed by atoms with Gasteiger partial charge < -0.3 is 21.1 Å². The molecular formula is C23H20ClN3O3S2. The van der Waals surface area contributed by atoms with Crippen LogP contribution in [0.1, 0.15) is 17.3 Å². The largest absolute Gasteiger partial charge is 0.478 e. The Labute approximate surface area is 200 Å². The summed E-state index contributed by atoms with van der Waals surface area (Å²) in [6.07, 6.45) is 0. The van der Waals surface area contributed by atoms with Crippen LogP contribution in [0.2, 0.25) is 5.02 Å². The Kier molecular flexibility index (Phi) is 8.10. The molecule has 3 rings (SSSR count). The number of carboxylic acid groups (broad SMARTS) is 1. The first-order valence-corrected chi connectivity index (χ1v) is 11.2. The maximum Gasteiger partial charge on any atom is 0.335 e. The van der Waals surface area contributed by atoms with E-state index in [1.807, 2.05) is 54.6 Å². The summed E-state index contributed by atoms with van der Waals surface area (Å²) in [6.45, 7) is 1.76. The SMILES string of the molecule is CC(Sc1ccc(NC(=S)Nc2ccccc2)cc1)C(=O)Nc1cc(C(=O)O)ccc1Cl. The van der Waals surface area contributed by atoms with Crippen LogP contribution >= 0.6 is 35.6 Å². The van der Waals surface area contributed by atoms with Crippen molar-refractivity contribution in [3.63, 3.8) is 0 Å². The summed E-state index contributed by atoms with van der Waals surface area (Å²) >= 11 is 12.8. The lowest BCUT2D eigenvalue weighted by atomic mass is 10.2. The topological polar surface area (TPSA) is 90.5 Å². The highest BCUT2D eigenvalue weighted by atomic mass is 35.5. The average Bonchev–Trinajstić information content (AvgIpc) is 2.77. The number of carbonyl (C=O) groups excluding carboxylic acids is 1. The smallest absolute Gasteiger partial charge is 0.335 e. The van der Waals surface area contributed by atoms with E-state index in [0.29, 0.717) is 5.11 Å². The fraction of sp³-hybridized carbons (Fsp3) is 0.0870. The molecule has 0 aliphatic heterocycles. The third-order valence-corrected chi connectivity index (χ3v) is 5.94. The van der Waals surface area contributed by atoms with Gasteiger partial charge in [0.1, 0.15) is 0 Å². The van der Waals surface area contributed by atoms with Crippen molar-refractivity contribution in [1.29, 1.82) is 0 Å². The van der Waals surface area contributed by atoms with Crippen LogP contribution in [0.4, 0.5) is 17.1 Å². The van der Waals surface area contributed by atoms with Gasteiger partial charge in [0.2, 0.25) is 5.91 Å². The molecule has 4 N–H and O–H groups in total. The quantitative estimate of drug-likeness (QED) is 0.242. The van der Waals surface area contributed by atoms with E-state index in [9.17, 15) is 9.59 Å². The highest BCUT2D eigenvalue weighted by Crippen LogP contribution is 2.28. The van der Waals surface area contributed by atoms with E-state index in [1.165, 1.54) is 30.0 Å². The normalized spacial score (nSPS) is 11.3. The lowest BCUT2D eigenvalue weighted by Gasteiger charge is -2.14. The second-order valence-electron chi connectivity index (χ2n) is 6.72. The number of carboxylic acids is 1. The van der Waals surface area contributed by atoms with E-state index in [4.69, 9.17) is 28.9 Å². The Balaban J connectivity index is 1.55. The van der Waals surface area contributed by atoms with Gasteiger partial charge in [0, 0.05) is 16.3 Å². The predicted molar refractivity (Wildman–Crippen MR) is 135 cm³/mol. The van der Waals surface area contributed by atoms with Gasteiger partial charge in [-0.15, -0.1) is 11.8 Å². The minimum atomic E-state index is -1.09. The number of aromatic carboxylic acids is 1. The van der Waals surface area contributed by atoms with Crippen LogP contribution in [-0.4, -0.2) is 27.3 Å². The molecule has 9 heteroatoms. The number of hydrogen-bond donors (Lipinski definition) is 4. The highest BCUT2D eigenvalue weighted by Gasteiger charge is 2.17. The van der Waals surface area contributed by atoms with Gasteiger partial charge in [-0.1, -0.05) is 29.8 Å². The van der Waals surface area contributed by atoms with Gasteiger partial charge in [-0.3, -0.25) is 4.79 Å². The van der Waals surface area contributed by atoms with Crippen molar-refractivity contribution in [2.45, 2.75) is 17.1 Å². The summed E-state index contributed by atoms with van der Waals surface area (Å²) < 4.78 is 0. The number of thiocarbonyl (C=S) groups is 1. The maximum atomic E-state index is 12.6. The highest BCUT2D eigenvalue weighted by molar-refractivity contribution is 8.00. The number of anilines is 3. The molecule has 0 bridgehead atoms. The Morgan fingerprint density at radius 1 is 0.938 bits per heavy atom. The van der Waals surface area contributed by atoms with Crippen LogP contribution in [0.3, 0.4) is 0 Å². The van der Waals surface area contributed by atoms with Gasteiger partial charge >= 0.3 is 5.97 Å². The molecule has 3 aromatic rings. The van der Waals surface area contributed by atoms with E-state index in [0.717, 1.165) is 16.3 Å². The third kappa shape index (κ3) is 6.71. The Bertz CT molecular complexity index is 1130. The van der Waals surface area contributed by atoms with Crippen molar-refractivity contribution in [3.8, 4) is 0 Å². The molecule has 1 atom stereocenters. The lowest BCUT2D eigenvalue weighted by molar-refractivity contribution is -0.115. The summed E-state index contributed by atoms with van der Waals surface area (Å²) in [5.74, 6) is -1.37. The number of thioether (sulfide) groups is 1. The van der Waals surface area contributed by atoms with E-state index >= 15 is 0 Å². The van der Waals surface area contributed by atoms with Crippen LogP contribution < -0.4 is 16.0 Å². The van der Waals surface area contributed by atoms with Gasteiger partial charge in [0.15, 0.2) is 5.11 Å². The third-order valence-electron chi connectivity index (χ3n) is 4.30. The summed E-state index contributed by atoms with van der Waals surface area (Å²) in [7, 11) is 0. The van der Waals surface area contributed by atoms with Gasteiger partial charge in [0.25, 0.3) is 0 Å². The molecule has 0 saturated heterocycles. The molecule has 1 unspecified atom stereocenters. The number of hydrogen-bond acceptors (Lipinski definition) is 4. The van der Waals surface area contributed by atoms with Crippen molar-refractivity contribution >= 4 is 69.6 Å². The first-order chi connectivity index (χ1) is 15.3. The van der Waals surface area contributed by atoms with E-state index < -0.39 is 11.2 Å². The molecule has 0 aliphatic rings. The van der Waals surface area contributed by atoms with Crippen LogP contribution in [0.5, 0.6) is 0 Å². The van der Waals surface area contributed by atoms with Gasteiger partial charge in [0.05, 0.1) is 21.5 Å². The molecule has 0 spiro atoms. The molecule has 0 fully saturated rings. The summed E-state index contributed by atoms with van der Waals surface area (Å²) in [5, 5.41) is 18.3. The molecule has 0 radical (unpaired) electrons. The predicted octanol–water partition coefficient (Wildman–Crippen LogP) is 5.97. The average molecular weight is 486 g/mol. The number of halogens is 1. The number of carbonyl (C=O) groups is 2. The Morgan fingerprint density at radius 3 is 2.19 bits per heavy atom. The van der Waals surface area contributed by atoms with Crippen LogP contribution in [-0.2, 0) is 4.79 Å². The fourth-order valence-electron chi connectivity index (χ4n) is 2.68. The van der Waals surface area contributed by atoms with Crippen molar-refractivity contribution in [1.82, 2.24) is 0 Å². The number of nitrogens with one attached hydrogen (secondary N) is 3. The molecule has 1 amide bonds. The Morgan fingerprint density at radius 2 is 1.56 bits per heavy atom. The molecule has 32 heavy (non-hydrogen) atoms. The van der Waals surface area contributed by atoms with E-state index in [2.05, 4.69) is 16.0 Å². The van der Waals surface area contributed by atoms with Crippen molar-refractivity contribution < 1.29 is 14.7 Å². The summed E-state index contributed by atoms with van der Waals surface area (Å²) in [4.78, 5) is 24.6. The molecule has 0 saturated carbocycles. The number of para-hydroxylation sites is 1. The molecule has 0 heterocycles. The zero-order valence-corrected chi connectivity index (χ0v) is 19.4. The summed E-state index contributed by atoms with van der Waals surface area (Å²) in [5.41, 5.74) is 2.03. The lowest BCUT2D eigenvalue weighted by Crippen LogP contribution is -2.22. The maximum absolute atomic E-state index is 12.6. The monoisotopic (exact) mass is 485 g/mol. The Hall–Kier alpha value is -3.07. The second-order valence-corrected chi connectivity index (χ2v) is 8.95. The first-order valence-electron chi connectivity index (χ1n) is 9.55. The van der Waals surface area contributed by atoms with Gasteiger partial charge in [-0.2, -0.15) is 0 Å². The fourth-order valence-corrected chi connectivity index (χ4v) is 3.95. The number of amides is 1. The molecule has 164 valence electrons. The van der Waals surface area contributed by atoms with Crippen LogP contribution in [0, 0.1) is 0 Å². The first kappa shape index (κ1) is 23.6. The van der Waals surface area contributed by atoms with Crippen LogP contribution in [0.25, 0.3) is 0 Å². The second kappa shape index (κ2) is 11.0. The zero-order valence-electron chi connectivity index (χ0n) is 17.0. The van der Waals surface area contributed by atoms with Gasteiger partial charge in [-0.25, -0.2) is 4.79 Å². The van der Waals surface area contributed by atoms with Crippen molar-refractivity contribution in [2.24, 2.45) is 0 Å². The van der Waals surface area contributed by atoms with Gasteiger partial charge in [-0.05, 0) is 73.7 Å². The standard InChI is InChI=1S/C23H20ClN3O3S2/c1-14(21(28)27-20-13-15(22(29)30)7-12-19(20)24)32-18-10-8-17(9-11-18)26-23(31)25-16-5-3-2-4-6-16/h2-14H,1H3,(H,27,28)(H,29,30)(H2,25,26,31).